The molecule has 8 nitrogen and oxygen atoms in total. The normalized spacial score (nSPS) is 21.4. The summed E-state index contributed by atoms with van der Waals surface area (Å²) in [5.41, 5.74) is 1.29. The quantitative estimate of drug-likeness (QED) is 0.450. The van der Waals surface area contributed by atoms with E-state index in [1.165, 1.54) is 29.2 Å². The molecule has 0 saturated carbocycles. The van der Waals surface area contributed by atoms with Crippen molar-refractivity contribution in [2.45, 2.75) is 18.0 Å². The highest BCUT2D eigenvalue weighted by Crippen LogP contribution is 2.47. The zero-order valence-corrected chi connectivity index (χ0v) is 21.8. The number of rotatable bonds is 5. The number of imide groups is 1. The molecule has 38 heavy (non-hydrogen) atoms. The van der Waals surface area contributed by atoms with Gasteiger partial charge in [0.15, 0.2) is 0 Å². The van der Waals surface area contributed by atoms with Crippen LogP contribution in [0, 0.1) is 11.3 Å². The number of hydrogen-bond acceptors (Lipinski definition) is 5. The first kappa shape index (κ1) is 25.7. The molecule has 0 aromatic heterocycles. The molecule has 10 heteroatoms. The highest BCUT2D eigenvalue weighted by Gasteiger charge is 2.64. The molecule has 3 amide bonds. The van der Waals surface area contributed by atoms with E-state index in [0.717, 1.165) is 16.0 Å². The first-order valence-corrected chi connectivity index (χ1v) is 12.5. The van der Waals surface area contributed by atoms with Crippen LogP contribution in [-0.4, -0.2) is 58.5 Å². The molecule has 2 saturated heterocycles. The number of likely N-dealkylation sites (N-methyl/N-ethyl adjacent to an activating group) is 1. The van der Waals surface area contributed by atoms with Gasteiger partial charge in [-0.2, -0.15) is 5.26 Å². The highest BCUT2D eigenvalue weighted by atomic mass is 35.5. The number of amides is 3. The third-order valence-corrected chi connectivity index (χ3v) is 7.70. The number of hydrogen-bond donors (Lipinski definition) is 1. The van der Waals surface area contributed by atoms with E-state index in [1.807, 2.05) is 23.1 Å². The number of carboxylic acids is 1. The molecule has 3 aromatic carbocycles. The number of likely N-dealkylation sites (tertiary alicyclic amines) is 1. The fourth-order valence-electron chi connectivity index (χ4n) is 5.47. The maximum absolute atomic E-state index is 14.2. The van der Waals surface area contributed by atoms with Gasteiger partial charge in [0.2, 0.25) is 0 Å². The Kier molecular flexibility index (Phi) is 6.61. The molecule has 3 aromatic rings. The SMILES string of the molecule is CN1C(=O)N(c2cc(Cl)cc(Cl)c2)C(=O)[C@]12CN(Cc1cccc(C(=O)O)c1)C[C@H]2c1ccc(C#N)cc1. The van der Waals surface area contributed by atoms with Crippen molar-refractivity contribution >= 4 is 46.8 Å². The average molecular weight is 549 g/mol. The topological polar surface area (TPSA) is 105 Å². The minimum absolute atomic E-state index is 0.174. The second kappa shape index (κ2) is 9.76. The lowest BCUT2D eigenvalue weighted by atomic mass is 9.80. The standard InChI is InChI=1S/C28H22Cl2N4O4/c1-32-27(38)34(23-11-21(29)10-22(30)12-23)26(37)28(32)16-33(14-18-3-2-4-20(9-18)25(35)36)15-24(28)19-7-5-17(13-31)6-8-19/h2-12,24H,14-16H2,1H3,(H,35,36)/t24-,28+/m0/s1. The van der Waals surface area contributed by atoms with E-state index < -0.39 is 29.4 Å². The molecule has 5 rings (SSSR count). The van der Waals surface area contributed by atoms with Crippen LogP contribution in [0.3, 0.4) is 0 Å². The number of carbonyl (C=O) groups is 3. The van der Waals surface area contributed by atoms with Crippen molar-refractivity contribution in [3.8, 4) is 6.07 Å². The average Bonchev–Trinajstić information content (AvgIpc) is 3.35. The van der Waals surface area contributed by atoms with Crippen LogP contribution in [0.2, 0.25) is 10.0 Å². The minimum atomic E-state index is -1.25. The molecule has 2 aliphatic rings. The fourth-order valence-corrected chi connectivity index (χ4v) is 5.99. The molecule has 192 valence electrons. The van der Waals surface area contributed by atoms with Gasteiger partial charge in [-0.15, -0.1) is 0 Å². The van der Waals surface area contributed by atoms with Crippen molar-refractivity contribution < 1.29 is 19.5 Å². The van der Waals surface area contributed by atoms with E-state index in [2.05, 4.69) is 6.07 Å². The van der Waals surface area contributed by atoms with Crippen molar-refractivity contribution in [3.63, 3.8) is 0 Å². The van der Waals surface area contributed by atoms with Gasteiger partial charge in [-0.3, -0.25) is 9.69 Å². The Bertz CT molecular complexity index is 1480. The van der Waals surface area contributed by atoms with Crippen molar-refractivity contribution in [1.82, 2.24) is 9.80 Å². The van der Waals surface area contributed by atoms with Gasteiger partial charge in [0.1, 0.15) is 5.54 Å². The fraction of sp³-hybridized carbons (Fsp3) is 0.214. The molecule has 2 heterocycles. The van der Waals surface area contributed by atoms with Crippen LogP contribution in [0.1, 0.15) is 33.0 Å². The zero-order valence-electron chi connectivity index (χ0n) is 20.3. The number of nitriles is 1. The van der Waals surface area contributed by atoms with Gasteiger partial charge in [0.25, 0.3) is 5.91 Å². The highest BCUT2D eigenvalue weighted by molar-refractivity contribution is 6.35. The van der Waals surface area contributed by atoms with Gasteiger partial charge >= 0.3 is 12.0 Å². The van der Waals surface area contributed by atoms with Gasteiger partial charge in [0.05, 0.1) is 22.9 Å². The molecule has 2 aliphatic heterocycles. The largest absolute Gasteiger partial charge is 0.478 e. The smallest absolute Gasteiger partial charge is 0.335 e. The Balaban J connectivity index is 1.57. The first-order chi connectivity index (χ1) is 18.1. The summed E-state index contributed by atoms with van der Waals surface area (Å²) in [7, 11) is 1.61. The zero-order chi connectivity index (χ0) is 27.2. The van der Waals surface area contributed by atoms with E-state index in [1.54, 1.807) is 31.3 Å². The minimum Gasteiger partial charge on any atom is -0.478 e. The molecule has 0 bridgehead atoms. The summed E-state index contributed by atoms with van der Waals surface area (Å²) in [5.74, 6) is -1.84. The van der Waals surface area contributed by atoms with Crippen LogP contribution in [0.4, 0.5) is 10.5 Å². The lowest BCUT2D eigenvalue weighted by Gasteiger charge is -2.34. The molecule has 0 aliphatic carbocycles. The second-order valence-corrected chi connectivity index (χ2v) is 10.4. The van der Waals surface area contributed by atoms with Gasteiger partial charge in [-0.05, 0) is 53.6 Å². The Labute approximate surface area is 229 Å². The number of benzene rings is 3. The summed E-state index contributed by atoms with van der Waals surface area (Å²) >= 11 is 12.4. The molecule has 0 unspecified atom stereocenters. The Morgan fingerprint density at radius 2 is 1.76 bits per heavy atom. The van der Waals surface area contributed by atoms with Gasteiger partial charge < -0.3 is 10.0 Å². The van der Waals surface area contributed by atoms with Crippen molar-refractivity contribution in [2.24, 2.45) is 0 Å². The Morgan fingerprint density at radius 1 is 1.08 bits per heavy atom. The van der Waals surface area contributed by atoms with Crippen LogP contribution in [-0.2, 0) is 11.3 Å². The van der Waals surface area contributed by atoms with Gasteiger partial charge in [-0.1, -0.05) is 47.5 Å². The molecular weight excluding hydrogens is 527 g/mol. The summed E-state index contributed by atoms with van der Waals surface area (Å²) in [5, 5.41) is 19.2. The van der Waals surface area contributed by atoms with E-state index >= 15 is 0 Å². The van der Waals surface area contributed by atoms with Crippen molar-refractivity contribution in [3.05, 3.63) is 99.0 Å². The number of nitrogens with zero attached hydrogens (tertiary/aromatic N) is 4. The second-order valence-electron chi connectivity index (χ2n) is 9.50. The van der Waals surface area contributed by atoms with E-state index in [0.29, 0.717) is 28.7 Å². The number of urea groups is 1. The predicted octanol–water partition coefficient (Wildman–Crippen LogP) is 5.00. The summed E-state index contributed by atoms with van der Waals surface area (Å²) in [6.45, 7) is 1.03. The number of aromatic carboxylic acids is 1. The first-order valence-electron chi connectivity index (χ1n) is 11.8. The molecule has 2 fully saturated rings. The monoisotopic (exact) mass is 548 g/mol. The van der Waals surface area contributed by atoms with E-state index in [4.69, 9.17) is 23.2 Å². The predicted molar refractivity (Wildman–Crippen MR) is 142 cm³/mol. The molecule has 0 radical (unpaired) electrons. The molecule has 1 N–H and O–H groups in total. The van der Waals surface area contributed by atoms with Crippen LogP contribution in [0.15, 0.2) is 66.7 Å². The number of halogens is 2. The summed E-state index contributed by atoms with van der Waals surface area (Å²) < 4.78 is 0. The van der Waals surface area contributed by atoms with Gasteiger partial charge in [-0.25, -0.2) is 14.5 Å². The van der Waals surface area contributed by atoms with Crippen LogP contribution in [0.5, 0.6) is 0 Å². The number of anilines is 1. The Hall–Kier alpha value is -3.90. The van der Waals surface area contributed by atoms with Crippen LogP contribution < -0.4 is 4.90 Å². The lowest BCUT2D eigenvalue weighted by Crippen LogP contribution is -2.53. The molecular formula is C28H22Cl2N4O4. The molecule has 1 spiro atoms. The summed E-state index contributed by atoms with van der Waals surface area (Å²) in [6, 6.07) is 19.8. The van der Waals surface area contributed by atoms with Gasteiger partial charge in [0, 0.05) is 42.6 Å². The third-order valence-electron chi connectivity index (χ3n) is 7.26. The molecule has 2 atom stereocenters. The maximum Gasteiger partial charge on any atom is 0.335 e. The lowest BCUT2D eigenvalue weighted by molar-refractivity contribution is -0.124. The van der Waals surface area contributed by atoms with Crippen molar-refractivity contribution in [2.75, 3.05) is 25.0 Å². The summed E-state index contributed by atoms with van der Waals surface area (Å²) in [6.07, 6.45) is 0. The third kappa shape index (κ3) is 4.29. The van der Waals surface area contributed by atoms with E-state index in [-0.39, 0.29) is 17.8 Å². The summed E-state index contributed by atoms with van der Waals surface area (Å²) in [4.78, 5) is 43.9. The number of carboxylic acid groups (broad SMARTS) is 1. The van der Waals surface area contributed by atoms with E-state index in [9.17, 15) is 24.8 Å². The van der Waals surface area contributed by atoms with Crippen LogP contribution in [0.25, 0.3) is 0 Å². The van der Waals surface area contributed by atoms with Crippen molar-refractivity contribution in [1.29, 1.82) is 5.26 Å². The Morgan fingerprint density at radius 3 is 2.39 bits per heavy atom. The maximum atomic E-state index is 14.2. The number of carbonyl (C=O) groups excluding carboxylic acids is 2. The van der Waals surface area contributed by atoms with Crippen LogP contribution >= 0.6 is 23.2 Å².